The first kappa shape index (κ1) is 14.0. The largest absolute Gasteiger partial charge is 0.314 e. The molecular formula is C15H23N3O. The fraction of sp³-hybridized carbons (Fsp3) is 0.533. The van der Waals surface area contributed by atoms with Crippen LogP contribution in [0.25, 0.3) is 0 Å². The molecule has 1 amide bonds. The standard InChI is InChI=1S/C15H23N3O/c1-11-8-12(2)14(13(3)9-11)10-15(19)17-18-6-4-16-5-7-18/h8-9,16H,4-7,10H2,1-3H3,(H,17,19). The molecule has 0 aliphatic carbocycles. The summed E-state index contributed by atoms with van der Waals surface area (Å²) in [5.74, 6) is 0.0805. The van der Waals surface area contributed by atoms with Gasteiger partial charge in [0, 0.05) is 26.2 Å². The molecule has 0 aromatic heterocycles. The number of nitrogens with zero attached hydrogens (tertiary/aromatic N) is 1. The van der Waals surface area contributed by atoms with Gasteiger partial charge in [-0.25, -0.2) is 5.01 Å². The van der Waals surface area contributed by atoms with Gasteiger partial charge in [-0.1, -0.05) is 17.7 Å². The number of amides is 1. The Balaban J connectivity index is 1.98. The number of rotatable bonds is 3. The van der Waals surface area contributed by atoms with E-state index >= 15 is 0 Å². The lowest BCUT2D eigenvalue weighted by Gasteiger charge is -2.27. The van der Waals surface area contributed by atoms with Crippen LogP contribution in [0.2, 0.25) is 0 Å². The summed E-state index contributed by atoms with van der Waals surface area (Å²) in [6, 6.07) is 4.28. The monoisotopic (exact) mass is 261 g/mol. The smallest absolute Gasteiger partial charge is 0.238 e. The van der Waals surface area contributed by atoms with Gasteiger partial charge in [0.25, 0.3) is 0 Å². The van der Waals surface area contributed by atoms with E-state index < -0.39 is 0 Å². The summed E-state index contributed by atoms with van der Waals surface area (Å²) in [5.41, 5.74) is 7.80. The Kier molecular flexibility index (Phi) is 4.56. The van der Waals surface area contributed by atoms with Gasteiger partial charge in [-0.15, -0.1) is 0 Å². The van der Waals surface area contributed by atoms with E-state index in [2.05, 4.69) is 43.6 Å². The molecule has 104 valence electrons. The van der Waals surface area contributed by atoms with Crippen molar-refractivity contribution in [2.45, 2.75) is 27.2 Å². The highest BCUT2D eigenvalue weighted by atomic mass is 16.2. The van der Waals surface area contributed by atoms with Crippen molar-refractivity contribution in [1.82, 2.24) is 15.8 Å². The number of benzene rings is 1. The molecule has 0 radical (unpaired) electrons. The van der Waals surface area contributed by atoms with E-state index in [1.165, 1.54) is 16.7 Å². The van der Waals surface area contributed by atoms with E-state index in [4.69, 9.17) is 0 Å². The summed E-state index contributed by atoms with van der Waals surface area (Å²) >= 11 is 0. The maximum absolute atomic E-state index is 12.1. The van der Waals surface area contributed by atoms with Crippen LogP contribution in [-0.4, -0.2) is 37.1 Å². The molecule has 1 aliphatic heterocycles. The molecule has 1 aromatic rings. The molecule has 19 heavy (non-hydrogen) atoms. The van der Waals surface area contributed by atoms with Gasteiger partial charge in [-0.2, -0.15) is 0 Å². The van der Waals surface area contributed by atoms with E-state index in [0.717, 1.165) is 31.7 Å². The minimum atomic E-state index is 0.0805. The summed E-state index contributed by atoms with van der Waals surface area (Å²) in [5, 5.41) is 5.27. The lowest BCUT2D eigenvalue weighted by atomic mass is 9.97. The Morgan fingerprint density at radius 2 is 1.79 bits per heavy atom. The van der Waals surface area contributed by atoms with Gasteiger partial charge in [-0.3, -0.25) is 10.2 Å². The van der Waals surface area contributed by atoms with Gasteiger partial charge >= 0.3 is 0 Å². The molecule has 1 fully saturated rings. The highest BCUT2D eigenvalue weighted by molar-refractivity contribution is 5.79. The summed E-state index contributed by atoms with van der Waals surface area (Å²) in [6.45, 7) is 9.85. The Hall–Kier alpha value is -1.39. The van der Waals surface area contributed by atoms with Crippen LogP contribution in [0.1, 0.15) is 22.3 Å². The van der Waals surface area contributed by atoms with Crippen LogP contribution in [0.4, 0.5) is 0 Å². The van der Waals surface area contributed by atoms with Crippen LogP contribution in [0.5, 0.6) is 0 Å². The Labute approximate surface area is 115 Å². The first-order valence-electron chi connectivity index (χ1n) is 6.88. The molecule has 1 aliphatic rings. The first-order chi connectivity index (χ1) is 9.06. The second-order valence-electron chi connectivity index (χ2n) is 5.33. The number of carbonyl (C=O) groups is 1. The van der Waals surface area contributed by atoms with E-state index in [1.807, 2.05) is 5.01 Å². The zero-order valence-electron chi connectivity index (χ0n) is 12.0. The fourth-order valence-corrected chi connectivity index (χ4v) is 2.64. The third-order valence-electron chi connectivity index (χ3n) is 3.58. The summed E-state index contributed by atoms with van der Waals surface area (Å²) in [4.78, 5) is 12.1. The minimum absolute atomic E-state index is 0.0805. The third-order valence-corrected chi connectivity index (χ3v) is 3.58. The van der Waals surface area contributed by atoms with Crippen LogP contribution >= 0.6 is 0 Å². The number of aryl methyl sites for hydroxylation is 3. The Morgan fingerprint density at radius 1 is 1.21 bits per heavy atom. The molecular weight excluding hydrogens is 238 g/mol. The van der Waals surface area contributed by atoms with Crippen LogP contribution in [0.15, 0.2) is 12.1 Å². The zero-order valence-corrected chi connectivity index (χ0v) is 12.0. The van der Waals surface area contributed by atoms with Crippen LogP contribution in [-0.2, 0) is 11.2 Å². The summed E-state index contributed by atoms with van der Waals surface area (Å²) in [6.07, 6.45) is 0.460. The van der Waals surface area contributed by atoms with E-state index in [9.17, 15) is 4.79 Å². The molecule has 2 N–H and O–H groups in total. The van der Waals surface area contributed by atoms with Gasteiger partial charge in [0.1, 0.15) is 0 Å². The zero-order chi connectivity index (χ0) is 13.8. The van der Waals surface area contributed by atoms with Crippen molar-refractivity contribution in [2.75, 3.05) is 26.2 Å². The Morgan fingerprint density at radius 3 is 2.37 bits per heavy atom. The van der Waals surface area contributed by atoms with Crippen LogP contribution in [0, 0.1) is 20.8 Å². The van der Waals surface area contributed by atoms with E-state index in [-0.39, 0.29) is 5.91 Å². The Bertz CT molecular complexity index is 441. The minimum Gasteiger partial charge on any atom is -0.314 e. The predicted molar refractivity (Wildman–Crippen MR) is 76.9 cm³/mol. The van der Waals surface area contributed by atoms with Gasteiger partial charge in [0.15, 0.2) is 0 Å². The van der Waals surface area contributed by atoms with Crippen LogP contribution in [0.3, 0.4) is 0 Å². The SMILES string of the molecule is Cc1cc(C)c(CC(=O)NN2CCNCC2)c(C)c1. The van der Waals surface area contributed by atoms with Crippen molar-refractivity contribution in [2.24, 2.45) is 0 Å². The normalized spacial score (nSPS) is 16.4. The second kappa shape index (κ2) is 6.17. The first-order valence-corrected chi connectivity index (χ1v) is 6.88. The van der Waals surface area contributed by atoms with E-state index in [1.54, 1.807) is 0 Å². The molecule has 4 heteroatoms. The van der Waals surface area contributed by atoms with E-state index in [0.29, 0.717) is 6.42 Å². The maximum atomic E-state index is 12.1. The van der Waals surface area contributed by atoms with Crippen molar-refractivity contribution in [3.63, 3.8) is 0 Å². The number of hydrazine groups is 1. The quantitative estimate of drug-likeness (QED) is 0.856. The number of hydrogen-bond donors (Lipinski definition) is 2. The highest BCUT2D eigenvalue weighted by Crippen LogP contribution is 2.16. The second-order valence-corrected chi connectivity index (χ2v) is 5.33. The molecule has 0 saturated carbocycles. The molecule has 1 aromatic carbocycles. The topological polar surface area (TPSA) is 44.4 Å². The third kappa shape index (κ3) is 3.78. The number of hydrogen-bond acceptors (Lipinski definition) is 3. The number of carbonyl (C=O) groups excluding carboxylic acids is 1. The van der Waals surface area contributed by atoms with Crippen molar-refractivity contribution in [3.05, 3.63) is 34.4 Å². The van der Waals surface area contributed by atoms with Crippen molar-refractivity contribution >= 4 is 5.91 Å². The number of piperazine rings is 1. The maximum Gasteiger partial charge on any atom is 0.238 e. The van der Waals surface area contributed by atoms with Gasteiger partial charge in [-0.05, 0) is 37.5 Å². The molecule has 0 spiro atoms. The van der Waals surface area contributed by atoms with Crippen molar-refractivity contribution in [1.29, 1.82) is 0 Å². The average molecular weight is 261 g/mol. The van der Waals surface area contributed by atoms with Crippen LogP contribution < -0.4 is 10.7 Å². The number of nitrogens with one attached hydrogen (secondary N) is 2. The summed E-state index contributed by atoms with van der Waals surface area (Å²) < 4.78 is 0. The lowest BCUT2D eigenvalue weighted by Crippen LogP contribution is -2.52. The lowest BCUT2D eigenvalue weighted by molar-refractivity contribution is -0.125. The van der Waals surface area contributed by atoms with Gasteiger partial charge < -0.3 is 5.32 Å². The van der Waals surface area contributed by atoms with Gasteiger partial charge in [0.05, 0.1) is 6.42 Å². The molecule has 2 rings (SSSR count). The van der Waals surface area contributed by atoms with Crippen molar-refractivity contribution < 1.29 is 4.79 Å². The predicted octanol–water partition coefficient (Wildman–Crippen LogP) is 1.09. The highest BCUT2D eigenvalue weighted by Gasteiger charge is 2.14. The molecule has 4 nitrogen and oxygen atoms in total. The van der Waals surface area contributed by atoms with Gasteiger partial charge in [0.2, 0.25) is 5.91 Å². The molecule has 0 unspecified atom stereocenters. The molecule has 1 heterocycles. The molecule has 1 saturated heterocycles. The molecule has 0 atom stereocenters. The van der Waals surface area contributed by atoms with Crippen molar-refractivity contribution in [3.8, 4) is 0 Å². The summed E-state index contributed by atoms with van der Waals surface area (Å²) in [7, 11) is 0. The molecule has 0 bridgehead atoms. The fourth-order valence-electron chi connectivity index (χ4n) is 2.64. The average Bonchev–Trinajstić information content (AvgIpc) is 2.35.